The molecule has 2 aromatic rings. The molecule has 7 heteroatoms. The zero-order valence-electron chi connectivity index (χ0n) is 18.0. The summed E-state index contributed by atoms with van der Waals surface area (Å²) in [5.41, 5.74) is 1.24. The second-order valence-electron chi connectivity index (χ2n) is 8.42. The average molecular weight is 428 g/mol. The number of nitrogens with one attached hydrogen (secondary N) is 3. The number of thiocarbonyl (C=S) groups is 1. The van der Waals surface area contributed by atoms with E-state index in [0.29, 0.717) is 35.1 Å². The fourth-order valence-corrected chi connectivity index (χ4v) is 2.66. The maximum Gasteiger partial charge on any atom is 0.257 e. The van der Waals surface area contributed by atoms with Crippen LogP contribution < -0.4 is 20.7 Å². The van der Waals surface area contributed by atoms with Crippen LogP contribution in [0, 0.1) is 5.92 Å². The van der Waals surface area contributed by atoms with Crippen LogP contribution in [0.5, 0.6) is 5.75 Å². The van der Waals surface area contributed by atoms with Crippen LogP contribution in [-0.4, -0.2) is 29.1 Å². The molecule has 0 saturated carbocycles. The van der Waals surface area contributed by atoms with Gasteiger partial charge in [-0.25, -0.2) is 0 Å². The lowest BCUT2D eigenvalue weighted by molar-refractivity contribution is 0.0918. The van der Waals surface area contributed by atoms with Crippen molar-refractivity contribution in [3.8, 4) is 5.75 Å². The lowest BCUT2D eigenvalue weighted by Gasteiger charge is -2.20. The normalized spacial score (nSPS) is 11.0. The molecule has 0 aliphatic carbocycles. The Morgan fingerprint density at radius 2 is 1.67 bits per heavy atom. The van der Waals surface area contributed by atoms with E-state index in [-0.39, 0.29) is 22.5 Å². The Bertz CT molecular complexity index is 903. The molecule has 6 nitrogen and oxygen atoms in total. The molecule has 0 aromatic heterocycles. The minimum Gasteiger partial charge on any atom is -0.493 e. The van der Waals surface area contributed by atoms with Crippen molar-refractivity contribution in [1.82, 2.24) is 10.6 Å². The first-order chi connectivity index (χ1) is 14.0. The standard InChI is InChI=1S/C23H29N3O3S/c1-15(2)14-29-19-11-9-16(10-12-19)20(27)25-22(30)24-18-8-6-7-17(13-18)21(28)26-23(3,4)5/h6-13,15H,14H2,1-5H3,(H,26,28)(H2,24,25,27,30). The molecule has 2 aromatic carbocycles. The van der Waals surface area contributed by atoms with Crippen LogP contribution in [0.25, 0.3) is 0 Å². The first-order valence-electron chi connectivity index (χ1n) is 9.81. The Hall–Kier alpha value is -2.93. The zero-order valence-corrected chi connectivity index (χ0v) is 18.9. The molecule has 160 valence electrons. The highest BCUT2D eigenvalue weighted by Gasteiger charge is 2.16. The minimum atomic E-state index is -0.334. The molecule has 0 saturated heterocycles. The second kappa shape index (κ2) is 10.2. The van der Waals surface area contributed by atoms with Crippen molar-refractivity contribution in [2.24, 2.45) is 5.92 Å². The molecule has 0 bridgehead atoms. The Morgan fingerprint density at radius 1 is 1.00 bits per heavy atom. The fourth-order valence-electron chi connectivity index (χ4n) is 2.45. The number of benzene rings is 2. The zero-order chi connectivity index (χ0) is 22.3. The number of hydrogen-bond acceptors (Lipinski definition) is 4. The fraction of sp³-hybridized carbons (Fsp3) is 0.348. The van der Waals surface area contributed by atoms with Crippen LogP contribution >= 0.6 is 12.2 Å². The number of hydrogen-bond donors (Lipinski definition) is 3. The molecule has 0 heterocycles. The maximum absolute atomic E-state index is 12.4. The molecular formula is C23H29N3O3S. The van der Waals surface area contributed by atoms with Gasteiger partial charge >= 0.3 is 0 Å². The third-order valence-corrected chi connectivity index (χ3v) is 4.00. The van der Waals surface area contributed by atoms with Crippen molar-refractivity contribution in [1.29, 1.82) is 0 Å². The van der Waals surface area contributed by atoms with Gasteiger partial charge < -0.3 is 15.4 Å². The van der Waals surface area contributed by atoms with Crippen molar-refractivity contribution < 1.29 is 14.3 Å². The van der Waals surface area contributed by atoms with Crippen LogP contribution in [0.2, 0.25) is 0 Å². The van der Waals surface area contributed by atoms with Crippen molar-refractivity contribution in [2.75, 3.05) is 11.9 Å². The van der Waals surface area contributed by atoms with Crippen molar-refractivity contribution in [3.05, 3.63) is 59.7 Å². The van der Waals surface area contributed by atoms with E-state index in [0.717, 1.165) is 0 Å². The smallest absolute Gasteiger partial charge is 0.257 e. The van der Waals surface area contributed by atoms with E-state index in [4.69, 9.17) is 17.0 Å². The summed E-state index contributed by atoms with van der Waals surface area (Å²) in [7, 11) is 0. The summed E-state index contributed by atoms with van der Waals surface area (Å²) in [5, 5.41) is 8.64. The Morgan fingerprint density at radius 3 is 2.27 bits per heavy atom. The minimum absolute atomic E-state index is 0.147. The number of rotatable bonds is 6. The SMILES string of the molecule is CC(C)COc1ccc(C(=O)NC(=S)Nc2cccc(C(=O)NC(C)(C)C)c2)cc1. The first kappa shape index (κ1) is 23.3. The molecule has 0 atom stereocenters. The molecule has 0 aliphatic rings. The highest BCUT2D eigenvalue weighted by Crippen LogP contribution is 2.14. The third kappa shape index (κ3) is 7.83. The molecule has 0 aliphatic heterocycles. The lowest BCUT2D eigenvalue weighted by atomic mass is 10.1. The van der Waals surface area contributed by atoms with Gasteiger partial charge in [-0.2, -0.15) is 0 Å². The summed E-state index contributed by atoms with van der Waals surface area (Å²) in [4.78, 5) is 24.7. The van der Waals surface area contributed by atoms with Crippen molar-refractivity contribution in [2.45, 2.75) is 40.2 Å². The molecule has 30 heavy (non-hydrogen) atoms. The summed E-state index contributed by atoms with van der Waals surface area (Å²) in [5.74, 6) is 0.631. The number of anilines is 1. The van der Waals surface area contributed by atoms with E-state index in [1.807, 2.05) is 20.8 Å². The van der Waals surface area contributed by atoms with E-state index in [9.17, 15) is 9.59 Å². The summed E-state index contributed by atoms with van der Waals surface area (Å²) >= 11 is 5.24. The molecule has 0 unspecified atom stereocenters. The largest absolute Gasteiger partial charge is 0.493 e. The Kier molecular flexibility index (Phi) is 7.94. The molecule has 0 radical (unpaired) electrons. The quantitative estimate of drug-likeness (QED) is 0.597. The van der Waals surface area contributed by atoms with Crippen LogP contribution in [0.1, 0.15) is 55.3 Å². The number of carbonyl (C=O) groups excluding carboxylic acids is 2. The van der Waals surface area contributed by atoms with Gasteiger partial charge in [-0.05, 0) is 81.4 Å². The molecule has 0 spiro atoms. The molecule has 3 N–H and O–H groups in total. The van der Waals surface area contributed by atoms with Gasteiger partial charge in [0, 0.05) is 22.4 Å². The van der Waals surface area contributed by atoms with E-state index < -0.39 is 0 Å². The summed E-state index contributed by atoms with van der Waals surface area (Å²) in [6.45, 7) is 10.5. The van der Waals surface area contributed by atoms with Gasteiger partial charge in [0.15, 0.2) is 5.11 Å². The number of amides is 2. The van der Waals surface area contributed by atoms with Gasteiger partial charge in [0.1, 0.15) is 5.75 Å². The first-order valence-corrected chi connectivity index (χ1v) is 10.2. The number of carbonyl (C=O) groups is 2. The Labute approximate surface area is 183 Å². The van der Waals surface area contributed by atoms with Crippen LogP contribution in [0.4, 0.5) is 5.69 Å². The predicted molar refractivity (Wildman–Crippen MR) is 124 cm³/mol. The van der Waals surface area contributed by atoms with Gasteiger partial charge in [-0.15, -0.1) is 0 Å². The molecule has 2 rings (SSSR count). The summed E-state index contributed by atoms with van der Waals surface area (Å²) in [6, 6.07) is 13.8. The molecular weight excluding hydrogens is 398 g/mol. The van der Waals surface area contributed by atoms with E-state index >= 15 is 0 Å². The van der Waals surface area contributed by atoms with Crippen LogP contribution in [-0.2, 0) is 0 Å². The van der Waals surface area contributed by atoms with Crippen molar-refractivity contribution >= 4 is 34.8 Å². The van der Waals surface area contributed by atoms with E-state index in [2.05, 4.69) is 29.8 Å². The second-order valence-corrected chi connectivity index (χ2v) is 8.83. The van der Waals surface area contributed by atoms with E-state index in [1.165, 1.54) is 0 Å². The van der Waals surface area contributed by atoms with Gasteiger partial charge in [-0.1, -0.05) is 19.9 Å². The monoisotopic (exact) mass is 427 g/mol. The van der Waals surface area contributed by atoms with Crippen molar-refractivity contribution in [3.63, 3.8) is 0 Å². The van der Waals surface area contributed by atoms with E-state index in [1.54, 1.807) is 48.5 Å². The highest BCUT2D eigenvalue weighted by molar-refractivity contribution is 7.80. The molecule has 2 amide bonds. The lowest BCUT2D eigenvalue weighted by Crippen LogP contribution is -2.40. The predicted octanol–water partition coefficient (Wildman–Crippen LogP) is 4.38. The Balaban J connectivity index is 1.94. The summed E-state index contributed by atoms with van der Waals surface area (Å²) < 4.78 is 5.62. The topological polar surface area (TPSA) is 79.5 Å². The highest BCUT2D eigenvalue weighted by atomic mass is 32.1. The van der Waals surface area contributed by atoms with Gasteiger partial charge in [0.25, 0.3) is 11.8 Å². The van der Waals surface area contributed by atoms with Crippen LogP contribution in [0.15, 0.2) is 48.5 Å². The average Bonchev–Trinajstić information content (AvgIpc) is 2.65. The molecule has 0 fully saturated rings. The van der Waals surface area contributed by atoms with Gasteiger partial charge in [0.05, 0.1) is 6.61 Å². The number of ether oxygens (including phenoxy) is 1. The van der Waals surface area contributed by atoms with Gasteiger partial charge in [-0.3, -0.25) is 14.9 Å². The summed E-state index contributed by atoms with van der Waals surface area (Å²) in [6.07, 6.45) is 0. The van der Waals surface area contributed by atoms with Gasteiger partial charge in [0.2, 0.25) is 0 Å². The maximum atomic E-state index is 12.4. The van der Waals surface area contributed by atoms with Crippen LogP contribution in [0.3, 0.4) is 0 Å². The third-order valence-electron chi connectivity index (χ3n) is 3.80.